The second-order valence-electron chi connectivity index (χ2n) is 8.23. The zero-order valence-electron chi connectivity index (χ0n) is 18.2. The number of piperazine rings is 1. The summed E-state index contributed by atoms with van der Waals surface area (Å²) in [4.78, 5) is 35.4. The second kappa shape index (κ2) is 8.47. The van der Waals surface area contributed by atoms with E-state index in [-0.39, 0.29) is 29.3 Å². The molecule has 5 rings (SSSR count). The van der Waals surface area contributed by atoms with Crippen LogP contribution in [0.3, 0.4) is 0 Å². The maximum absolute atomic E-state index is 13.3. The van der Waals surface area contributed by atoms with Crippen molar-refractivity contribution >= 4 is 23.4 Å². The van der Waals surface area contributed by atoms with E-state index in [1.165, 1.54) is 6.26 Å². The van der Waals surface area contributed by atoms with Crippen LogP contribution in [-0.4, -0.2) is 54.9 Å². The van der Waals surface area contributed by atoms with E-state index in [0.29, 0.717) is 49.1 Å². The fourth-order valence-corrected chi connectivity index (χ4v) is 4.06. The van der Waals surface area contributed by atoms with E-state index in [9.17, 15) is 14.9 Å². The van der Waals surface area contributed by atoms with Gasteiger partial charge in [-0.15, -0.1) is 0 Å². The Bertz CT molecular complexity index is 1210. The number of hydrogen-bond donors (Lipinski definition) is 0. The second-order valence-corrected chi connectivity index (χ2v) is 8.23. The zero-order chi connectivity index (χ0) is 22.9. The molecule has 1 aromatic carbocycles. The molecule has 0 spiro atoms. The van der Waals surface area contributed by atoms with Crippen LogP contribution in [0.25, 0.3) is 11.7 Å². The smallest absolute Gasteiger partial charge is 0.266 e. The summed E-state index contributed by atoms with van der Waals surface area (Å²) >= 11 is 0. The summed E-state index contributed by atoms with van der Waals surface area (Å²) in [5, 5.41) is 9.49. The lowest BCUT2D eigenvalue weighted by Crippen LogP contribution is -2.49. The third-order valence-corrected chi connectivity index (χ3v) is 6.05. The van der Waals surface area contributed by atoms with Gasteiger partial charge in [-0.25, -0.2) is 0 Å². The van der Waals surface area contributed by atoms with Gasteiger partial charge >= 0.3 is 0 Å². The third kappa shape index (κ3) is 3.96. The molecule has 2 fully saturated rings. The Labute approximate surface area is 190 Å². The first-order chi connectivity index (χ1) is 16.1. The minimum absolute atomic E-state index is 0.0572. The van der Waals surface area contributed by atoms with Crippen LogP contribution >= 0.6 is 0 Å². The number of amides is 2. The first-order valence-corrected chi connectivity index (χ1v) is 10.9. The molecule has 0 radical (unpaired) electrons. The van der Waals surface area contributed by atoms with Crippen LogP contribution in [0.15, 0.2) is 51.5 Å². The van der Waals surface area contributed by atoms with Gasteiger partial charge in [0.05, 0.1) is 17.5 Å². The molecule has 1 aliphatic carbocycles. The molecule has 3 aromatic rings. The predicted molar refractivity (Wildman–Crippen MR) is 120 cm³/mol. The molecule has 3 heterocycles. The zero-order valence-corrected chi connectivity index (χ0v) is 18.2. The predicted octanol–water partition coefficient (Wildman–Crippen LogP) is 3.14. The number of rotatable bonds is 5. The standard InChI is InChI=1S/C24H23N5O4/c1-27(22(30)16-8-9-16)19-6-3-2-5-17(19)23(31)28-10-12-29(13-11-28)24-18(15-25)26-21(33-24)20-7-4-14-32-20/h2-7,14,16H,8-13H2,1H3. The van der Waals surface area contributed by atoms with Gasteiger partial charge in [0.25, 0.3) is 11.8 Å². The minimum Gasteiger partial charge on any atom is -0.459 e. The number of para-hydroxylation sites is 1. The number of aromatic nitrogens is 1. The highest BCUT2D eigenvalue weighted by atomic mass is 16.4. The summed E-state index contributed by atoms with van der Waals surface area (Å²) in [6, 6.07) is 12.7. The fourth-order valence-electron chi connectivity index (χ4n) is 4.06. The van der Waals surface area contributed by atoms with Gasteiger partial charge in [0.15, 0.2) is 5.76 Å². The van der Waals surface area contributed by atoms with Crippen LogP contribution in [0.5, 0.6) is 0 Å². The van der Waals surface area contributed by atoms with Crippen LogP contribution in [0.4, 0.5) is 11.6 Å². The van der Waals surface area contributed by atoms with Crippen LogP contribution in [0, 0.1) is 17.2 Å². The summed E-state index contributed by atoms with van der Waals surface area (Å²) in [7, 11) is 1.73. The summed E-state index contributed by atoms with van der Waals surface area (Å²) in [6.45, 7) is 1.89. The Kier molecular flexibility index (Phi) is 5.34. The van der Waals surface area contributed by atoms with Crippen LogP contribution in [0.1, 0.15) is 28.9 Å². The van der Waals surface area contributed by atoms with Crippen molar-refractivity contribution in [3.63, 3.8) is 0 Å². The largest absolute Gasteiger partial charge is 0.459 e. The van der Waals surface area contributed by atoms with Gasteiger partial charge in [0.2, 0.25) is 17.5 Å². The molecule has 33 heavy (non-hydrogen) atoms. The monoisotopic (exact) mass is 445 g/mol. The lowest BCUT2D eigenvalue weighted by atomic mass is 10.1. The van der Waals surface area contributed by atoms with Gasteiger partial charge < -0.3 is 23.5 Å². The molecule has 9 heteroatoms. The SMILES string of the molecule is CN(C(=O)C1CC1)c1ccccc1C(=O)N1CCN(c2oc(-c3ccco3)nc2C#N)CC1. The summed E-state index contributed by atoms with van der Waals surface area (Å²) < 4.78 is 11.1. The molecule has 1 saturated heterocycles. The maximum atomic E-state index is 13.3. The van der Waals surface area contributed by atoms with Crippen molar-refractivity contribution in [1.82, 2.24) is 9.88 Å². The van der Waals surface area contributed by atoms with Crippen molar-refractivity contribution in [3.8, 4) is 17.7 Å². The highest BCUT2D eigenvalue weighted by Gasteiger charge is 2.34. The number of carbonyl (C=O) groups is 2. The Balaban J connectivity index is 1.30. The molecular weight excluding hydrogens is 422 g/mol. The maximum Gasteiger partial charge on any atom is 0.266 e. The number of oxazole rings is 1. The normalized spacial score (nSPS) is 15.9. The third-order valence-electron chi connectivity index (χ3n) is 6.05. The van der Waals surface area contributed by atoms with Crippen molar-refractivity contribution in [3.05, 3.63) is 53.9 Å². The van der Waals surface area contributed by atoms with Gasteiger partial charge in [-0.1, -0.05) is 12.1 Å². The van der Waals surface area contributed by atoms with Gasteiger partial charge in [-0.3, -0.25) is 9.59 Å². The van der Waals surface area contributed by atoms with E-state index in [2.05, 4.69) is 11.1 Å². The molecule has 1 saturated carbocycles. The first-order valence-electron chi connectivity index (χ1n) is 10.9. The van der Waals surface area contributed by atoms with Crippen molar-refractivity contribution < 1.29 is 18.4 Å². The molecule has 0 N–H and O–H groups in total. The molecule has 1 aliphatic heterocycles. The van der Waals surface area contributed by atoms with Gasteiger partial charge in [0.1, 0.15) is 6.07 Å². The highest BCUT2D eigenvalue weighted by Crippen LogP contribution is 2.34. The molecular formula is C24H23N5O4. The van der Waals surface area contributed by atoms with E-state index < -0.39 is 0 Å². The average molecular weight is 445 g/mol. The fraction of sp³-hybridized carbons (Fsp3) is 0.333. The number of furan rings is 1. The molecule has 2 aromatic heterocycles. The van der Waals surface area contributed by atoms with Crippen LogP contribution < -0.4 is 9.80 Å². The Morgan fingerprint density at radius 1 is 1.12 bits per heavy atom. The Morgan fingerprint density at radius 2 is 1.88 bits per heavy atom. The van der Waals surface area contributed by atoms with Gasteiger partial charge in [-0.2, -0.15) is 10.2 Å². The first kappa shape index (κ1) is 20.8. The van der Waals surface area contributed by atoms with Crippen molar-refractivity contribution in [1.29, 1.82) is 5.26 Å². The van der Waals surface area contributed by atoms with Crippen molar-refractivity contribution in [2.24, 2.45) is 5.92 Å². The van der Waals surface area contributed by atoms with Crippen LogP contribution in [0.2, 0.25) is 0 Å². The van der Waals surface area contributed by atoms with Crippen LogP contribution in [-0.2, 0) is 4.79 Å². The number of benzene rings is 1. The number of nitriles is 1. The minimum atomic E-state index is -0.116. The average Bonchev–Trinajstić information content (AvgIpc) is 3.38. The molecule has 2 amide bonds. The quantitative estimate of drug-likeness (QED) is 0.594. The molecule has 0 atom stereocenters. The van der Waals surface area contributed by atoms with E-state index in [0.717, 1.165) is 12.8 Å². The molecule has 9 nitrogen and oxygen atoms in total. The van der Waals surface area contributed by atoms with Gasteiger partial charge in [0, 0.05) is 39.1 Å². The van der Waals surface area contributed by atoms with Crippen molar-refractivity contribution in [2.45, 2.75) is 12.8 Å². The summed E-state index contributed by atoms with van der Waals surface area (Å²) in [6.07, 6.45) is 3.34. The lowest BCUT2D eigenvalue weighted by molar-refractivity contribution is -0.119. The Morgan fingerprint density at radius 3 is 2.55 bits per heavy atom. The molecule has 168 valence electrons. The summed E-state index contributed by atoms with van der Waals surface area (Å²) in [5.74, 6) is 1.10. The summed E-state index contributed by atoms with van der Waals surface area (Å²) in [5.41, 5.74) is 1.33. The van der Waals surface area contributed by atoms with E-state index in [4.69, 9.17) is 8.83 Å². The van der Waals surface area contributed by atoms with E-state index in [1.807, 2.05) is 23.1 Å². The number of carbonyl (C=O) groups excluding carboxylic acids is 2. The van der Waals surface area contributed by atoms with Gasteiger partial charge in [-0.05, 0) is 37.1 Å². The van der Waals surface area contributed by atoms with Crippen molar-refractivity contribution in [2.75, 3.05) is 43.0 Å². The number of nitrogens with zero attached hydrogens (tertiary/aromatic N) is 5. The molecule has 0 bridgehead atoms. The van der Waals surface area contributed by atoms with E-state index >= 15 is 0 Å². The highest BCUT2D eigenvalue weighted by molar-refractivity contribution is 6.05. The topological polar surface area (TPSA) is 107 Å². The number of hydrogen-bond acceptors (Lipinski definition) is 7. The van der Waals surface area contributed by atoms with E-state index in [1.54, 1.807) is 35.0 Å². The molecule has 2 aliphatic rings. The molecule has 0 unspecified atom stereocenters. The Hall–Kier alpha value is -4.06. The lowest BCUT2D eigenvalue weighted by Gasteiger charge is -2.35. The number of anilines is 2.